The Morgan fingerprint density at radius 2 is 1.87 bits per heavy atom. The van der Waals surface area contributed by atoms with E-state index >= 15 is 0 Å². The molecule has 0 bridgehead atoms. The summed E-state index contributed by atoms with van der Waals surface area (Å²) in [6, 6.07) is 4.92. The zero-order valence-electron chi connectivity index (χ0n) is 12.5. The zero-order valence-corrected chi connectivity index (χ0v) is 12.5. The number of nitro groups is 1. The molecule has 23 heavy (non-hydrogen) atoms. The minimum atomic E-state index is -0.814. The summed E-state index contributed by atoms with van der Waals surface area (Å²) in [5.74, 6) is -0.485. The van der Waals surface area contributed by atoms with E-state index in [1.807, 2.05) is 6.92 Å². The number of nitrogens with zero attached hydrogens (tertiary/aromatic N) is 3. The van der Waals surface area contributed by atoms with E-state index in [-0.39, 0.29) is 17.8 Å². The number of carbonyl (C=O) groups is 1. The molecular weight excluding hydrogens is 304 g/mol. The molecule has 9 nitrogen and oxygen atoms in total. The number of aromatic amines is 1. The van der Waals surface area contributed by atoms with E-state index in [9.17, 15) is 24.5 Å². The third-order valence-electron chi connectivity index (χ3n) is 3.36. The fourth-order valence-electron chi connectivity index (χ4n) is 2.14. The van der Waals surface area contributed by atoms with E-state index in [1.165, 1.54) is 24.3 Å². The van der Waals surface area contributed by atoms with Crippen molar-refractivity contribution in [2.24, 2.45) is 0 Å². The van der Waals surface area contributed by atoms with Crippen molar-refractivity contribution in [2.75, 3.05) is 0 Å². The fourth-order valence-corrected chi connectivity index (χ4v) is 2.14. The van der Waals surface area contributed by atoms with Gasteiger partial charge in [0.15, 0.2) is 0 Å². The standard InChI is InChI=1S/C14H16N4O5/c1-2-3-4-5-12(19)17-14(21)16(13(20)15-17)10-6-8-11(9-7-10)18(22)23/h6-9H,2-5H2,1H3,(H,15,20). The molecule has 0 saturated heterocycles. The molecule has 2 rings (SSSR count). The van der Waals surface area contributed by atoms with Crippen LogP contribution in [-0.4, -0.2) is 25.2 Å². The molecular formula is C14H16N4O5. The first-order chi connectivity index (χ1) is 11.0. The number of aromatic nitrogens is 3. The number of hydrogen-bond acceptors (Lipinski definition) is 5. The summed E-state index contributed by atoms with van der Waals surface area (Å²) in [5, 5.41) is 12.8. The van der Waals surface area contributed by atoms with E-state index in [1.54, 1.807) is 0 Å². The van der Waals surface area contributed by atoms with Gasteiger partial charge in [0.2, 0.25) is 5.91 Å². The number of rotatable bonds is 6. The Kier molecular flexibility index (Phi) is 4.89. The SMILES string of the molecule is CCCCCC(=O)n1[nH]c(=O)n(-c2ccc([N+](=O)[O-])cc2)c1=O. The van der Waals surface area contributed by atoms with Gasteiger partial charge in [-0.05, 0) is 18.6 Å². The number of H-pyrrole nitrogens is 1. The van der Waals surface area contributed by atoms with Crippen LogP contribution < -0.4 is 11.4 Å². The number of unbranched alkanes of at least 4 members (excludes halogenated alkanes) is 2. The quantitative estimate of drug-likeness (QED) is 0.490. The predicted molar refractivity (Wildman–Crippen MR) is 82.1 cm³/mol. The van der Waals surface area contributed by atoms with Gasteiger partial charge in [0.05, 0.1) is 10.6 Å². The Morgan fingerprint density at radius 1 is 1.22 bits per heavy atom. The van der Waals surface area contributed by atoms with Crippen molar-refractivity contribution in [3.63, 3.8) is 0 Å². The summed E-state index contributed by atoms with van der Waals surface area (Å²) in [5.41, 5.74) is -1.59. The molecule has 1 heterocycles. The maximum absolute atomic E-state index is 12.2. The number of hydrogen-bond donors (Lipinski definition) is 1. The van der Waals surface area contributed by atoms with Gasteiger partial charge in [-0.3, -0.25) is 14.9 Å². The van der Waals surface area contributed by atoms with E-state index in [4.69, 9.17) is 0 Å². The molecule has 9 heteroatoms. The van der Waals surface area contributed by atoms with Crippen LogP contribution in [0.25, 0.3) is 5.69 Å². The molecule has 0 aliphatic heterocycles. The first kappa shape index (κ1) is 16.4. The van der Waals surface area contributed by atoms with Gasteiger partial charge in [0.25, 0.3) is 5.69 Å². The molecule has 2 aromatic rings. The van der Waals surface area contributed by atoms with Crippen LogP contribution in [0.1, 0.15) is 37.4 Å². The number of non-ortho nitro benzene ring substituents is 1. The van der Waals surface area contributed by atoms with E-state index in [0.717, 1.165) is 17.4 Å². The first-order valence-corrected chi connectivity index (χ1v) is 7.17. The van der Waals surface area contributed by atoms with Crippen molar-refractivity contribution in [3.05, 3.63) is 55.3 Å². The average Bonchev–Trinajstić information content (AvgIpc) is 2.82. The highest BCUT2D eigenvalue weighted by atomic mass is 16.6. The highest BCUT2D eigenvalue weighted by Gasteiger charge is 2.16. The van der Waals surface area contributed by atoms with E-state index < -0.39 is 22.2 Å². The lowest BCUT2D eigenvalue weighted by Gasteiger charge is -2.00. The molecule has 0 atom stereocenters. The second-order valence-corrected chi connectivity index (χ2v) is 4.99. The molecule has 0 radical (unpaired) electrons. The smallest absolute Gasteiger partial charge is 0.272 e. The molecule has 122 valence electrons. The van der Waals surface area contributed by atoms with Gasteiger partial charge in [-0.2, -0.15) is 4.68 Å². The second kappa shape index (κ2) is 6.86. The third-order valence-corrected chi connectivity index (χ3v) is 3.36. The van der Waals surface area contributed by atoms with Gasteiger partial charge in [-0.1, -0.05) is 19.8 Å². The van der Waals surface area contributed by atoms with Crippen molar-refractivity contribution >= 4 is 11.6 Å². The number of carbonyl (C=O) groups excluding carboxylic acids is 1. The Morgan fingerprint density at radius 3 is 2.43 bits per heavy atom. The Hall–Kier alpha value is -2.97. The van der Waals surface area contributed by atoms with Gasteiger partial charge in [-0.25, -0.2) is 19.3 Å². The first-order valence-electron chi connectivity index (χ1n) is 7.17. The van der Waals surface area contributed by atoms with Crippen LogP contribution >= 0.6 is 0 Å². The molecule has 0 aliphatic carbocycles. The molecule has 0 fully saturated rings. The summed E-state index contributed by atoms with van der Waals surface area (Å²) < 4.78 is 1.45. The van der Waals surface area contributed by atoms with Crippen LogP contribution in [0.4, 0.5) is 5.69 Å². The summed E-state index contributed by atoms with van der Waals surface area (Å²) in [4.78, 5) is 46.1. The average molecular weight is 320 g/mol. The molecule has 0 saturated carbocycles. The highest BCUT2D eigenvalue weighted by molar-refractivity contribution is 5.77. The van der Waals surface area contributed by atoms with Crippen LogP contribution in [0.2, 0.25) is 0 Å². The minimum absolute atomic E-state index is 0.155. The predicted octanol–water partition coefficient (Wildman–Crippen LogP) is 1.46. The lowest BCUT2D eigenvalue weighted by Crippen LogP contribution is -2.30. The summed E-state index contributed by atoms with van der Waals surface area (Å²) in [6.45, 7) is 1.99. The maximum atomic E-state index is 12.2. The van der Waals surface area contributed by atoms with Crippen molar-refractivity contribution in [1.82, 2.24) is 14.3 Å². The van der Waals surface area contributed by atoms with Crippen molar-refractivity contribution in [1.29, 1.82) is 0 Å². The zero-order chi connectivity index (χ0) is 17.0. The molecule has 0 amide bonds. The van der Waals surface area contributed by atoms with Gasteiger partial charge < -0.3 is 0 Å². The van der Waals surface area contributed by atoms with E-state index in [0.29, 0.717) is 11.1 Å². The highest BCUT2D eigenvalue weighted by Crippen LogP contribution is 2.13. The topological polar surface area (TPSA) is 120 Å². The third kappa shape index (κ3) is 3.44. The largest absolute Gasteiger partial charge is 0.358 e. The molecule has 1 aromatic carbocycles. The lowest BCUT2D eigenvalue weighted by atomic mass is 10.2. The summed E-state index contributed by atoms with van der Waals surface area (Å²) >= 11 is 0. The summed E-state index contributed by atoms with van der Waals surface area (Å²) in [7, 11) is 0. The van der Waals surface area contributed by atoms with Crippen LogP contribution in [0.5, 0.6) is 0 Å². The number of nitrogens with one attached hydrogen (secondary N) is 1. The normalized spacial score (nSPS) is 10.7. The molecule has 1 N–H and O–H groups in total. The Balaban J connectivity index is 2.34. The monoisotopic (exact) mass is 320 g/mol. The van der Waals surface area contributed by atoms with Gasteiger partial charge in [0.1, 0.15) is 0 Å². The van der Waals surface area contributed by atoms with Crippen LogP contribution in [0.15, 0.2) is 33.9 Å². The van der Waals surface area contributed by atoms with Gasteiger partial charge in [0, 0.05) is 18.6 Å². The molecule has 0 aliphatic rings. The van der Waals surface area contributed by atoms with Crippen LogP contribution in [-0.2, 0) is 0 Å². The molecule has 0 unspecified atom stereocenters. The van der Waals surface area contributed by atoms with Crippen molar-refractivity contribution in [3.8, 4) is 5.69 Å². The molecule has 1 aromatic heterocycles. The van der Waals surface area contributed by atoms with Crippen molar-refractivity contribution < 1.29 is 9.72 Å². The Labute approximate surface area is 130 Å². The molecule has 0 spiro atoms. The number of nitro benzene ring substituents is 1. The van der Waals surface area contributed by atoms with Crippen LogP contribution in [0.3, 0.4) is 0 Å². The van der Waals surface area contributed by atoms with E-state index in [2.05, 4.69) is 5.10 Å². The maximum Gasteiger partial charge on any atom is 0.358 e. The Bertz CT molecular complexity index is 828. The number of benzene rings is 1. The van der Waals surface area contributed by atoms with Crippen molar-refractivity contribution in [2.45, 2.75) is 32.6 Å². The van der Waals surface area contributed by atoms with Gasteiger partial charge >= 0.3 is 11.4 Å². The fraction of sp³-hybridized carbons (Fsp3) is 0.357. The van der Waals surface area contributed by atoms with Crippen LogP contribution in [0, 0.1) is 10.1 Å². The lowest BCUT2D eigenvalue weighted by molar-refractivity contribution is -0.384. The minimum Gasteiger partial charge on any atom is -0.272 e. The second-order valence-electron chi connectivity index (χ2n) is 4.99. The summed E-state index contributed by atoms with van der Waals surface area (Å²) in [6.07, 6.45) is 2.58. The van der Waals surface area contributed by atoms with Gasteiger partial charge in [-0.15, -0.1) is 0 Å².